The van der Waals surface area contributed by atoms with Gasteiger partial charge >= 0.3 is 0 Å². The maximum absolute atomic E-state index is 4.88. The summed E-state index contributed by atoms with van der Waals surface area (Å²) in [6.45, 7) is 11.4. The fraction of sp³-hybridized carbons (Fsp3) is 0.824. The molecule has 0 radical (unpaired) electrons. The molecule has 4 heteroatoms. The van der Waals surface area contributed by atoms with Crippen molar-refractivity contribution in [3.05, 3.63) is 16.1 Å². The summed E-state index contributed by atoms with van der Waals surface area (Å²) in [7, 11) is 0. The molecule has 0 aromatic carbocycles. The highest BCUT2D eigenvalue weighted by atomic mass is 32.1. The van der Waals surface area contributed by atoms with Crippen LogP contribution < -0.4 is 5.32 Å². The van der Waals surface area contributed by atoms with E-state index in [2.05, 4.69) is 36.4 Å². The van der Waals surface area contributed by atoms with Crippen molar-refractivity contribution in [1.82, 2.24) is 15.2 Å². The predicted octanol–water partition coefficient (Wildman–Crippen LogP) is 3.40. The molecule has 1 saturated carbocycles. The Bertz CT molecular complexity index is 453. The lowest BCUT2D eigenvalue weighted by Gasteiger charge is -2.25. The monoisotopic (exact) mass is 307 g/mol. The van der Waals surface area contributed by atoms with Crippen molar-refractivity contribution in [2.24, 2.45) is 5.92 Å². The van der Waals surface area contributed by atoms with E-state index in [4.69, 9.17) is 4.98 Å². The van der Waals surface area contributed by atoms with Gasteiger partial charge in [-0.05, 0) is 38.1 Å². The zero-order valence-corrected chi connectivity index (χ0v) is 14.5. The quantitative estimate of drug-likeness (QED) is 0.873. The van der Waals surface area contributed by atoms with E-state index in [0.717, 1.165) is 12.5 Å². The topological polar surface area (TPSA) is 28.2 Å². The van der Waals surface area contributed by atoms with E-state index in [9.17, 15) is 0 Å². The van der Waals surface area contributed by atoms with Gasteiger partial charge in [0.1, 0.15) is 0 Å². The molecule has 0 amide bonds. The number of rotatable bonds is 6. The van der Waals surface area contributed by atoms with Gasteiger partial charge in [0.05, 0.1) is 10.7 Å². The van der Waals surface area contributed by atoms with E-state index in [1.807, 2.05) is 11.3 Å². The van der Waals surface area contributed by atoms with Gasteiger partial charge in [0, 0.05) is 36.5 Å². The van der Waals surface area contributed by atoms with Crippen LogP contribution in [0.15, 0.2) is 5.38 Å². The molecule has 3 rings (SSSR count). The standard InChI is InChI=1S/C17H29N3S/c1-17(2,3)16-19-15(12-21-16)11-20(9-13-6-7-13)10-14-5-4-8-18-14/h12-14,18H,4-11H2,1-3H3. The second-order valence-corrected chi connectivity index (χ2v) is 8.68. The maximum atomic E-state index is 4.88. The second kappa shape index (κ2) is 6.35. The Morgan fingerprint density at radius 2 is 2.10 bits per heavy atom. The third-order valence-electron chi connectivity index (χ3n) is 4.43. The maximum Gasteiger partial charge on any atom is 0.0982 e. The van der Waals surface area contributed by atoms with Crippen LogP contribution in [0.1, 0.15) is 57.2 Å². The molecular weight excluding hydrogens is 278 g/mol. The summed E-state index contributed by atoms with van der Waals surface area (Å²) in [6, 6.07) is 0.699. The lowest BCUT2D eigenvalue weighted by Crippen LogP contribution is -2.38. The van der Waals surface area contributed by atoms with E-state index in [1.54, 1.807) is 0 Å². The first kappa shape index (κ1) is 15.4. The van der Waals surface area contributed by atoms with Crippen molar-refractivity contribution in [1.29, 1.82) is 0 Å². The molecule has 3 nitrogen and oxygen atoms in total. The molecule has 118 valence electrons. The van der Waals surface area contributed by atoms with Gasteiger partial charge < -0.3 is 5.32 Å². The molecule has 21 heavy (non-hydrogen) atoms. The molecule has 1 aliphatic carbocycles. The summed E-state index contributed by atoms with van der Waals surface area (Å²) in [5.74, 6) is 0.951. The molecule has 1 saturated heterocycles. The van der Waals surface area contributed by atoms with E-state index in [-0.39, 0.29) is 5.41 Å². The van der Waals surface area contributed by atoms with Crippen molar-refractivity contribution in [2.45, 2.75) is 64.5 Å². The molecule has 2 fully saturated rings. The Morgan fingerprint density at radius 3 is 2.67 bits per heavy atom. The van der Waals surface area contributed by atoms with Gasteiger partial charge in [-0.25, -0.2) is 4.98 Å². The molecule has 1 N–H and O–H groups in total. The van der Waals surface area contributed by atoms with Gasteiger partial charge in [-0.2, -0.15) is 0 Å². The SMILES string of the molecule is CC(C)(C)c1nc(CN(CC2CC2)CC2CCCN2)cs1. The first-order chi connectivity index (χ1) is 10.0. The van der Waals surface area contributed by atoms with Crippen molar-refractivity contribution < 1.29 is 0 Å². The highest BCUT2D eigenvalue weighted by Crippen LogP contribution is 2.31. The van der Waals surface area contributed by atoms with Crippen molar-refractivity contribution in [2.75, 3.05) is 19.6 Å². The van der Waals surface area contributed by atoms with Crippen LogP contribution in [-0.2, 0) is 12.0 Å². The summed E-state index contributed by atoms with van der Waals surface area (Å²) >= 11 is 1.82. The third kappa shape index (κ3) is 4.51. The summed E-state index contributed by atoms with van der Waals surface area (Å²) < 4.78 is 0. The molecule has 2 aliphatic rings. The van der Waals surface area contributed by atoms with Crippen LogP contribution in [0.2, 0.25) is 0 Å². The number of aromatic nitrogens is 1. The molecule has 1 aromatic rings. The average molecular weight is 308 g/mol. The fourth-order valence-electron chi connectivity index (χ4n) is 3.05. The largest absolute Gasteiger partial charge is 0.313 e. The van der Waals surface area contributed by atoms with E-state index in [0.29, 0.717) is 6.04 Å². The van der Waals surface area contributed by atoms with Crippen LogP contribution in [0.5, 0.6) is 0 Å². The van der Waals surface area contributed by atoms with E-state index < -0.39 is 0 Å². The summed E-state index contributed by atoms with van der Waals surface area (Å²) in [5.41, 5.74) is 1.45. The minimum Gasteiger partial charge on any atom is -0.313 e. The minimum atomic E-state index is 0.178. The molecule has 1 unspecified atom stereocenters. The van der Waals surface area contributed by atoms with Crippen LogP contribution in [0.3, 0.4) is 0 Å². The molecule has 0 bridgehead atoms. The first-order valence-electron chi connectivity index (χ1n) is 8.41. The van der Waals surface area contributed by atoms with E-state index in [1.165, 1.54) is 56.0 Å². The van der Waals surface area contributed by atoms with Crippen molar-refractivity contribution in [3.8, 4) is 0 Å². The third-order valence-corrected chi connectivity index (χ3v) is 5.75. The summed E-state index contributed by atoms with van der Waals surface area (Å²) in [5, 5.41) is 7.17. The Morgan fingerprint density at radius 1 is 1.29 bits per heavy atom. The van der Waals surface area contributed by atoms with Gasteiger partial charge in [0.2, 0.25) is 0 Å². The van der Waals surface area contributed by atoms with Gasteiger partial charge in [-0.3, -0.25) is 4.90 Å². The Hall–Kier alpha value is -0.450. The van der Waals surface area contributed by atoms with Gasteiger partial charge in [-0.1, -0.05) is 20.8 Å². The van der Waals surface area contributed by atoms with E-state index >= 15 is 0 Å². The predicted molar refractivity (Wildman–Crippen MR) is 89.8 cm³/mol. The van der Waals surface area contributed by atoms with Crippen molar-refractivity contribution in [3.63, 3.8) is 0 Å². The second-order valence-electron chi connectivity index (χ2n) is 7.82. The van der Waals surface area contributed by atoms with Crippen molar-refractivity contribution >= 4 is 11.3 Å². The molecule has 1 aliphatic heterocycles. The number of nitrogens with one attached hydrogen (secondary N) is 1. The number of hydrogen-bond acceptors (Lipinski definition) is 4. The Kier molecular flexibility index (Phi) is 4.67. The van der Waals surface area contributed by atoms with Gasteiger partial charge in [-0.15, -0.1) is 11.3 Å². The molecule has 1 atom stereocenters. The zero-order valence-electron chi connectivity index (χ0n) is 13.7. The number of hydrogen-bond donors (Lipinski definition) is 1. The lowest BCUT2D eigenvalue weighted by atomic mass is 9.98. The number of nitrogens with zero attached hydrogens (tertiary/aromatic N) is 2. The van der Waals surface area contributed by atoms with Crippen LogP contribution in [0.25, 0.3) is 0 Å². The van der Waals surface area contributed by atoms with Crippen LogP contribution in [-0.4, -0.2) is 35.6 Å². The van der Waals surface area contributed by atoms with Crippen LogP contribution in [0.4, 0.5) is 0 Å². The molecule has 0 spiro atoms. The lowest BCUT2D eigenvalue weighted by molar-refractivity contribution is 0.229. The zero-order chi connectivity index (χ0) is 14.9. The van der Waals surface area contributed by atoms with Gasteiger partial charge in [0.15, 0.2) is 0 Å². The Labute approximate surface area is 133 Å². The highest BCUT2D eigenvalue weighted by Gasteiger charge is 2.27. The molecule has 2 heterocycles. The average Bonchev–Trinajstić information content (AvgIpc) is 2.90. The normalized spacial score (nSPS) is 23.1. The molecule has 1 aromatic heterocycles. The Balaban J connectivity index is 1.60. The summed E-state index contributed by atoms with van der Waals surface area (Å²) in [4.78, 5) is 7.52. The van der Waals surface area contributed by atoms with Gasteiger partial charge in [0.25, 0.3) is 0 Å². The number of thiazole rings is 1. The summed E-state index contributed by atoms with van der Waals surface area (Å²) in [6.07, 6.45) is 5.54. The fourth-order valence-corrected chi connectivity index (χ4v) is 3.95. The molecular formula is C17H29N3S. The highest BCUT2D eigenvalue weighted by molar-refractivity contribution is 7.09. The smallest absolute Gasteiger partial charge is 0.0982 e. The van der Waals surface area contributed by atoms with Crippen LogP contribution >= 0.6 is 11.3 Å². The minimum absolute atomic E-state index is 0.178. The first-order valence-corrected chi connectivity index (χ1v) is 9.29. The van der Waals surface area contributed by atoms with Crippen LogP contribution in [0, 0.1) is 5.92 Å².